The van der Waals surface area contributed by atoms with E-state index < -0.39 is 29.3 Å². The Labute approximate surface area is 102 Å². The first-order chi connectivity index (χ1) is 7.59. The third kappa shape index (κ3) is 2.89. The smallest absolute Gasteiger partial charge is 0.410 e. The molecule has 0 radical (unpaired) electrons. The molecule has 0 aromatic heterocycles. The van der Waals surface area contributed by atoms with Crippen LogP contribution in [0.15, 0.2) is 0 Å². The Morgan fingerprint density at radius 3 is 2.47 bits per heavy atom. The molecule has 1 aliphatic heterocycles. The van der Waals surface area contributed by atoms with E-state index in [-0.39, 0.29) is 13.2 Å². The number of alkyl halides is 1. The van der Waals surface area contributed by atoms with E-state index in [2.05, 4.69) is 0 Å². The molecule has 17 heavy (non-hydrogen) atoms. The van der Waals surface area contributed by atoms with Gasteiger partial charge in [-0.2, -0.15) is 0 Å². The van der Waals surface area contributed by atoms with Crippen LogP contribution >= 0.6 is 0 Å². The molecule has 1 heterocycles. The fraction of sp³-hybridized carbons (Fsp3) is 0.917. The molecule has 1 fully saturated rings. The number of rotatable bonds is 1. The molecular weight excluding hydrogens is 225 g/mol. The summed E-state index contributed by atoms with van der Waals surface area (Å²) in [4.78, 5) is 13.2. The molecule has 0 aliphatic carbocycles. The van der Waals surface area contributed by atoms with Crippen molar-refractivity contribution in [3.8, 4) is 0 Å². The molecule has 1 N–H and O–H groups in total. The van der Waals surface area contributed by atoms with Crippen LogP contribution in [0.3, 0.4) is 0 Å². The van der Waals surface area contributed by atoms with Crippen molar-refractivity contribution in [2.45, 2.75) is 52.4 Å². The van der Waals surface area contributed by atoms with E-state index in [4.69, 9.17) is 4.74 Å². The number of ether oxygens (including phenoxy) is 1. The Bertz CT molecular complexity index is 299. The summed E-state index contributed by atoms with van der Waals surface area (Å²) in [5.74, 6) is 0. The standard InChI is InChI=1S/C12H22FNO3/c1-11(2,3)17-10(16)14-6-8(13)12(4,5)9(14)7-15/h8-9,15H,6-7H2,1-5H3. The topological polar surface area (TPSA) is 49.8 Å². The zero-order chi connectivity index (χ0) is 13.4. The summed E-state index contributed by atoms with van der Waals surface area (Å²) < 4.78 is 19.0. The number of halogens is 1. The van der Waals surface area contributed by atoms with E-state index in [0.717, 1.165) is 0 Å². The monoisotopic (exact) mass is 247 g/mol. The van der Waals surface area contributed by atoms with Crippen molar-refractivity contribution in [3.63, 3.8) is 0 Å². The Morgan fingerprint density at radius 1 is 1.53 bits per heavy atom. The van der Waals surface area contributed by atoms with E-state index in [9.17, 15) is 14.3 Å². The second-order valence-corrected chi connectivity index (χ2v) is 6.12. The molecule has 0 saturated carbocycles. The van der Waals surface area contributed by atoms with Gasteiger partial charge in [0.2, 0.25) is 0 Å². The minimum Gasteiger partial charge on any atom is -0.444 e. The number of aliphatic hydroxyl groups is 1. The van der Waals surface area contributed by atoms with Crippen LogP contribution in [-0.4, -0.2) is 47.1 Å². The van der Waals surface area contributed by atoms with Gasteiger partial charge in [0.25, 0.3) is 0 Å². The summed E-state index contributed by atoms with van der Waals surface area (Å²) in [6, 6.07) is -0.535. The molecular formula is C12H22FNO3. The normalized spacial score (nSPS) is 28.3. The van der Waals surface area contributed by atoms with Gasteiger partial charge in [0.15, 0.2) is 0 Å². The van der Waals surface area contributed by atoms with Gasteiger partial charge in [-0.3, -0.25) is 4.90 Å². The highest BCUT2D eigenvalue weighted by atomic mass is 19.1. The SMILES string of the molecule is CC(C)(C)OC(=O)N1CC(F)C(C)(C)C1CO. The minimum atomic E-state index is -1.15. The van der Waals surface area contributed by atoms with Crippen molar-refractivity contribution >= 4 is 6.09 Å². The molecule has 2 unspecified atom stereocenters. The molecule has 1 rings (SSSR count). The highest BCUT2D eigenvalue weighted by Gasteiger charge is 2.50. The molecule has 0 aromatic carbocycles. The van der Waals surface area contributed by atoms with Crippen LogP contribution in [0.1, 0.15) is 34.6 Å². The average molecular weight is 247 g/mol. The average Bonchev–Trinajstić information content (AvgIpc) is 2.35. The van der Waals surface area contributed by atoms with Crippen LogP contribution < -0.4 is 0 Å². The number of likely N-dealkylation sites (tertiary alicyclic amines) is 1. The number of hydrogen-bond acceptors (Lipinski definition) is 3. The van der Waals surface area contributed by atoms with Crippen molar-refractivity contribution in [3.05, 3.63) is 0 Å². The lowest BCUT2D eigenvalue weighted by molar-refractivity contribution is 0.00962. The van der Waals surface area contributed by atoms with Crippen LogP contribution in [0.5, 0.6) is 0 Å². The molecule has 0 spiro atoms. The number of aliphatic hydroxyl groups excluding tert-OH is 1. The minimum absolute atomic E-state index is 0.0207. The van der Waals surface area contributed by atoms with Crippen molar-refractivity contribution < 1.29 is 19.0 Å². The third-order valence-electron chi connectivity index (χ3n) is 3.20. The van der Waals surface area contributed by atoms with Crippen molar-refractivity contribution in [2.75, 3.05) is 13.2 Å². The van der Waals surface area contributed by atoms with Gasteiger partial charge in [0.05, 0.1) is 19.2 Å². The maximum absolute atomic E-state index is 13.8. The second kappa shape index (κ2) is 4.44. The molecule has 1 aliphatic rings. The summed E-state index contributed by atoms with van der Waals surface area (Å²) in [5, 5.41) is 9.32. The fourth-order valence-corrected chi connectivity index (χ4v) is 2.00. The fourth-order valence-electron chi connectivity index (χ4n) is 2.00. The van der Waals surface area contributed by atoms with Crippen LogP contribution in [0.25, 0.3) is 0 Å². The van der Waals surface area contributed by atoms with Crippen LogP contribution in [0.4, 0.5) is 9.18 Å². The van der Waals surface area contributed by atoms with Crippen molar-refractivity contribution in [1.82, 2.24) is 4.90 Å². The Balaban J connectivity index is 2.82. The van der Waals surface area contributed by atoms with Gasteiger partial charge in [0, 0.05) is 5.41 Å². The molecule has 1 amide bonds. The molecule has 1 saturated heterocycles. The van der Waals surface area contributed by atoms with E-state index >= 15 is 0 Å². The van der Waals surface area contributed by atoms with Gasteiger partial charge in [-0.1, -0.05) is 13.8 Å². The maximum atomic E-state index is 13.8. The van der Waals surface area contributed by atoms with Gasteiger partial charge < -0.3 is 9.84 Å². The Kier molecular flexibility index (Phi) is 3.72. The zero-order valence-corrected chi connectivity index (χ0v) is 11.2. The van der Waals surface area contributed by atoms with Crippen molar-refractivity contribution in [1.29, 1.82) is 0 Å². The van der Waals surface area contributed by atoms with Crippen LogP contribution in [0, 0.1) is 5.41 Å². The predicted molar refractivity (Wildman–Crippen MR) is 62.5 cm³/mol. The van der Waals surface area contributed by atoms with Gasteiger partial charge in [0.1, 0.15) is 11.8 Å². The molecule has 2 atom stereocenters. The molecule has 0 aromatic rings. The summed E-state index contributed by atoms with van der Waals surface area (Å²) in [5.41, 5.74) is -1.36. The van der Waals surface area contributed by atoms with Gasteiger partial charge in [-0.05, 0) is 20.8 Å². The van der Waals surface area contributed by atoms with Crippen LogP contribution in [-0.2, 0) is 4.74 Å². The summed E-state index contributed by atoms with van der Waals surface area (Å²) in [6.07, 6.45) is -1.71. The highest BCUT2D eigenvalue weighted by molar-refractivity contribution is 5.69. The van der Waals surface area contributed by atoms with Gasteiger partial charge in [-0.15, -0.1) is 0 Å². The molecule has 100 valence electrons. The Morgan fingerprint density at radius 2 is 2.06 bits per heavy atom. The highest BCUT2D eigenvalue weighted by Crippen LogP contribution is 2.38. The summed E-state index contributed by atoms with van der Waals surface area (Å²) in [6.45, 7) is 8.42. The quantitative estimate of drug-likeness (QED) is 0.770. The first kappa shape index (κ1) is 14.2. The molecule has 5 heteroatoms. The number of carbonyl (C=O) groups is 1. The number of amides is 1. The van der Waals surface area contributed by atoms with E-state index in [0.29, 0.717) is 0 Å². The summed E-state index contributed by atoms with van der Waals surface area (Å²) >= 11 is 0. The predicted octanol–water partition coefficient (Wildman–Crippen LogP) is 1.96. The van der Waals surface area contributed by atoms with Crippen LogP contribution in [0.2, 0.25) is 0 Å². The zero-order valence-electron chi connectivity index (χ0n) is 11.2. The third-order valence-corrected chi connectivity index (χ3v) is 3.20. The second-order valence-electron chi connectivity index (χ2n) is 6.12. The Hall–Kier alpha value is -0.840. The lowest BCUT2D eigenvalue weighted by atomic mass is 9.84. The van der Waals surface area contributed by atoms with Crippen molar-refractivity contribution in [2.24, 2.45) is 5.41 Å². The summed E-state index contributed by atoms with van der Waals surface area (Å²) in [7, 11) is 0. The van der Waals surface area contributed by atoms with E-state index in [1.165, 1.54) is 4.90 Å². The maximum Gasteiger partial charge on any atom is 0.410 e. The number of hydrogen-bond donors (Lipinski definition) is 1. The lowest BCUT2D eigenvalue weighted by Gasteiger charge is -2.32. The lowest BCUT2D eigenvalue weighted by Crippen LogP contribution is -2.45. The molecule has 0 bridgehead atoms. The largest absolute Gasteiger partial charge is 0.444 e. The van der Waals surface area contributed by atoms with E-state index in [1.54, 1.807) is 34.6 Å². The first-order valence-electron chi connectivity index (χ1n) is 5.84. The molecule has 4 nitrogen and oxygen atoms in total. The van der Waals surface area contributed by atoms with Gasteiger partial charge in [-0.25, -0.2) is 9.18 Å². The number of carbonyl (C=O) groups excluding carboxylic acids is 1. The van der Waals surface area contributed by atoms with E-state index in [1.807, 2.05) is 0 Å². The first-order valence-corrected chi connectivity index (χ1v) is 5.84. The number of nitrogens with zero attached hydrogens (tertiary/aromatic N) is 1. The van der Waals surface area contributed by atoms with Gasteiger partial charge >= 0.3 is 6.09 Å².